The Morgan fingerprint density at radius 2 is 0.754 bits per heavy atom. The molecule has 0 saturated carbocycles. The molecule has 2 saturated heterocycles. The fourth-order valence-electron chi connectivity index (χ4n) is 7.14. The van der Waals surface area contributed by atoms with Crippen LogP contribution in [0.15, 0.2) is 152 Å². The van der Waals surface area contributed by atoms with Gasteiger partial charge in [-0.2, -0.15) is 0 Å². The van der Waals surface area contributed by atoms with E-state index in [1.54, 1.807) is 0 Å². The van der Waals surface area contributed by atoms with Gasteiger partial charge in [0, 0.05) is 0 Å². The van der Waals surface area contributed by atoms with Crippen molar-refractivity contribution in [2.75, 3.05) is 6.61 Å². The highest BCUT2D eigenvalue weighted by Crippen LogP contribution is 2.33. The van der Waals surface area contributed by atoms with Crippen molar-refractivity contribution in [3.63, 3.8) is 0 Å². The van der Waals surface area contributed by atoms with E-state index in [9.17, 15) is 10.2 Å². The monoisotopic (exact) mass is 776 g/mol. The molecule has 300 valence electrons. The Hall–Kier alpha value is -4.30. The lowest BCUT2D eigenvalue weighted by molar-refractivity contribution is -0.341. The van der Waals surface area contributed by atoms with Crippen LogP contribution in [0, 0.1) is 0 Å². The Kier molecular flexibility index (Phi) is 15.0. The smallest absolute Gasteiger partial charge is 0.186 e. The minimum Gasteiger partial charge on any atom is -0.387 e. The summed E-state index contributed by atoms with van der Waals surface area (Å²) in [5.74, 6) is 0. The van der Waals surface area contributed by atoms with Crippen LogP contribution in [0.4, 0.5) is 0 Å². The van der Waals surface area contributed by atoms with E-state index in [0.717, 1.165) is 27.8 Å². The number of aliphatic hydroxyl groups is 2. The molecule has 2 N–H and O–H groups in total. The van der Waals surface area contributed by atoms with Gasteiger partial charge in [-0.1, -0.05) is 152 Å². The van der Waals surface area contributed by atoms with Gasteiger partial charge in [0.25, 0.3) is 0 Å². The van der Waals surface area contributed by atoms with Crippen LogP contribution < -0.4 is 0 Å². The van der Waals surface area contributed by atoms with Crippen molar-refractivity contribution in [1.29, 1.82) is 0 Å². The molecule has 10 atom stereocenters. The minimum absolute atomic E-state index is 0.154. The molecule has 2 fully saturated rings. The van der Waals surface area contributed by atoms with Crippen molar-refractivity contribution >= 4 is 0 Å². The number of hydrogen-bond donors (Lipinski definition) is 2. The molecule has 2 aliphatic rings. The summed E-state index contributed by atoms with van der Waals surface area (Å²) in [6.07, 6.45) is -8.90. The van der Waals surface area contributed by atoms with Gasteiger partial charge < -0.3 is 48.1 Å². The van der Waals surface area contributed by atoms with Crippen molar-refractivity contribution in [2.24, 2.45) is 0 Å². The molecule has 0 radical (unpaired) electrons. The standard InChI is InChI=1S/C47H52O10/c1-33-41(50-27-34-17-7-2-8-18-34)43(52-29-36-21-11-4-12-22-36)45(54-31-38-25-15-6-16-26-38)47(56-33)55-32-39-40(48)42(51-28-35-19-9-3-10-20-35)44(46(49)57-39)53-30-37-23-13-5-14-24-37/h2-26,33,39-49H,27-32H2,1H3/t33-,39-,40+,41+,42+,43+,44-,45-,46+,47-/m1/s1. The van der Waals surface area contributed by atoms with Gasteiger partial charge >= 0.3 is 0 Å². The lowest BCUT2D eigenvalue weighted by atomic mass is 9.97. The van der Waals surface area contributed by atoms with E-state index >= 15 is 0 Å². The number of benzene rings is 5. The average Bonchev–Trinajstić information content (AvgIpc) is 3.26. The second-order valence-electron chi connectivity index (χ2n) is 14.4. The van der Waals surface area contributed by atoms with Crippen molar-refractivity contribution in [2.45, 2.75) is 101 Å². The minimum atomic E-state index is -1.42. The van der Waals surface area contributed by atoms with Crippen LogP contribution >= 0.6 is 0 Å². The summed E-state index contributed by atoms with van der Waals surface area (Å²) in [5, 5.41) is 23.2. The molecule has 0 spiro atoms. The molecule has 5 aromatic carbocycles. The maximum Gasteiger partial charge on any atom is 0.186 e. The van der Waals surface area contributed by atoms with Crippen LogP contribution in [-0.2, 0) is 70.9 Å². The van der Waals surface area contributed by atoms with E-state index in [-0.39, 0.29) is 26.4 Å². The van der Waals surface area contributed by atoms with Crippen LogP contribution in [0.3, 0.4) is 0 Å². The predicted molar refractivity (Wildman–Crippen MR) is 212 cm³/mol. The Labute approximate surface area is 334 Å². The van der Waals surface area contributed by atoms with Gasteiger partial charge in [-0.05, 0) is 34.7 Å². The van der Waals surface area contributed by atoms with Gasteiger partial charge in [0.2, 0.25) is 0 Å². The predicted octanol–water partition coefficient (Wildman–Crippen LogP) is 6.75. The van der Waals surface area contributed by atoms with Gasteiger partial charge in [0.15, 0.2) is 12.6 Å². The normalized spacial score (nSPS) is 27.6. The lowest BCUT2D eigenvalue weighted by Crippen LogP contribution is -2.62. The van der Waals surface area contributed by atoms with E-state index in [1.165, 1.54) is 0 Å². The van der Waals surface area contributed by atoms with E-state index < -0.39 is 61.4 Å². The summed E-state index contributed by atoms with van der Waals surface area (Å²) in [4.78, 5) is 0. The van der Waals surface area contributed by atoms with Crippen LogP contribution in [0.25, 0.3) is 0 Å². The molecule has 10 nitrogen and oxygen atoms in total. The third-order valence-electron chi connectivity index (χ3n) is 10.2. The van der Waals surface area contributed by atoms with Crippen LogP contribution in [0.1, 0.15) is 34.7 Å². The highest BCUT2D eigenvalue weighted by Gasteiger charge is 2.50. The summed E-state index contributed by atoms with van der Waals surface area (Å²) < 4.78 is 51.5. The molecule has 0 aromatic heterocycles. The van der Waals surface area contributed by atoms with Crippen molar-refractivity contribution < 1.29 is 48.1 Å². The van der Waals surface area contributed by atoms with Gasteiger partial charge in [-0.15, -0.1) is 0 Å². The second kappa shape index (κ2) is 20.9. The van der Waals surface area contributed by atoms with E-state index in [2.05, 4.69) is 0 Å². The molecule has 10 heteroatoms. The molecule has 2 heterocycles. The van der Waals surface area contributed by atoms with Gasteiger partial charge in [0.05, 0.1) is 45.7 Å². The first-order chi connectivity index (χ1) is 28.0. The zero-order valence-corrected chi connectivity index (χ0v) is 32.1. The molecule has 2 aliphatic heterocycles. The summed E-state index contributed by atoms with van der Waals surface area (Å²) >= 11 is 0. The highest BCUT2D eigenvalue weighted by atomic mass is 16.7. The van der Waals surface area contributed by atoms with Crippen LogP contribution in [-0.4, -0.2) is 78.2 Å². The molecule has 0 amide bonds. The van der Waals surface area contributed by atoms with Gasteiger partial charge in [-0.25, -0.2) is 0 Å². The Morgan fingerprint density at radius 1 is 0.404 bits per heavy atom. The third kappa shape index (κ3) is 11.4. The molecule has 0 bridgehead atoms. The highest BCUT2D eigenvalue weighted by molar-refractivity contribution is 5.17. The van der Waals surface area contributed by atoms with Crippen LogP contribution in [0.2, 0.25) is 0 Å². The maximum atomic E-state index is 11.8. The number of hydrogen-bond acceptors (Lipinski definition) is 10. The van der Waals surface area contributed by atoms with E-state index in [4.69, 9.17) is 37.9 Å². The fourth-order valence-corrected chi connectivity index (χ4v) is 7.14. The van der Waals surface area contributed by atoms with Crippen molar-refractivity contribution in [3.8, 4) is 0 Å². The zero-order valence-electron chi connectivity index (χ0n) is 32.1. The molecular formula is C47H52O10. The molecular weight excluding hydrogens is 725 g/mol. The largest absolute Gasteiger partial charge is 0.387 e. The second-order valence-corrected chi connectivity index (χ2v) is 14.4. The van der Waals surface area contributed by atoms with Crippen molar-refractivity contribution in [3.05, 3.63) is 179 Å². The fraction of sp³-hybridized carbons (Fsp3) is 0.362. The first-order valence-electron chi connectivity index (χ1n) is 19.6. The molecule has 57 heavy (non-hydrogen) atoms. The maximum absolute atomic E-state index is 11.8. The van der Waals surface area contributed by atoms with E-state index in [0.29, 0.717) is 13.2 Å². The summed E-state index contributed by atoms with van der Waals surface area (Å²) in [7, 11) is 0. The summed E-state index contributed by atoms with van der Waals surface area (Å²) in [5.41, 5.74) is 4.80. The first kappa shape index (κ1) is 40.9. The van der Waals surface area contributed by atoms with Gasteiger partial charge in [-0.3, -0.25) is 0 Å². The third-order valence-corrected chi connectivity index (χ3v) is 10.2. The van der Waals surface area contributed by atoms with Crippen molar-refractivity contribution in [1.82, 2.24) is 0 Å². The number of aliphatic hydroxyl groups excluding tert-OH is 2. The molecule has 5 aromatic rings. The molecule has 7 rings (SSSR count). The quantitative estimate of drug-likeness (QED) is 0.0991. The Balaban J connectivity index is 1.10. The Morgan fingerprint density at radius 3 is 1.18 bits per heavy atom. The summed E-state index contributed by atoms with van der Waals surface area (Å²) in [6.45, 7) is 3.07. The van der Waals surface area contributed by atoms with E-state index in [1.807, 2.05) is 159 Å². The first-order valence-corrected chi connectivity index (χ1v) is 19.6. The zero-order chi connectivity index (χ0) is 39.2. The molecule has 0 unspecified atom stereocenters. The van der Waals surface area contributed by atoms with Gasteiger partial charge in [0.1, 0.15) is 42.7 Å². The number of rotatable bonds is 18. The van der Waals surface area contributed by atoms with Crippen LogP contribution in [0.5, 0.6) is 0 Å². The number of ether oxygens (including phenoxy) is 8. The lowest BCUT2D eigenvalue weighted by Gasteiger charge is -2.46. The SMILES string of the molecule is C[C@H]1O[C@@H](OC[C@H]2O[C@H](O)[C@H](OCc3ccccc3)[C@@H](OCc3ccccc3)[C@H]2O)[C@H](OCc2ccccc2)[C@@H](OCc2ccccc2)[C@H]1OCc1ccccc1. The molecule has 0 aliphatic carbocycles. The Bertz CT molecular complexity index is 1850. The topological polar surface area (TPSA) is 114 Å². The average molecular weight is 777 g/mol. The summed E-state index contributed by atoms with van der Waals surface area (Å²) in [6, 6.07) is 49.0.